The van der Waals surface area contributed by atoms with Crippen molar-refractivity contribution in [2.45, 2.75) is 19.3 Å². The Kier molecular flexibility index (Phi) is 6.99. The second-order valence-corrected chi connectivity index (χ2v) is 6.13. The van der Waals surface area contributed by atoms with Gasteiger partial charge in [0.2, 0.25) is 0 Å². The van der Waals surface area contributed by atoms with Gasteiger partial charge < -0.3 is 9.47 Å². The second-order valence-electron chi connectivity index (χ2n) is 5.72. The Bertz CT molecular complexity index is 1060. The number of hydrogen-bond acceptors (Lipinski definition) is 6. The number of rotatable bonds is 5. The molecule has 2 rings (SSSR count). The molecule has 14 heteroatoms. The van der Waals surface area contributed by atoms with E-state index in [2.05, 4.69) is 14.5 Å². The van der Waals surface area contributed by atoms with E-state index in [-0.39, 0.29) is 35.7 Å². The van der Waals surface area contributed by atoms with Crippen molar-refractivity contribution in [2.75, 3.05) is 13.2 Å². The van der Waals surface area contributed by atoms with Crippen LogP contribution in [-0.2, 0) is 26.6 Å². The summed E-state index contributed by atoms with van der Waals surface area (Å²) in [5.41, 5.74) is -6.24. The molecule has 0 aliphatic carbocycles. The van der Waals surface area contributed by atoms with Gasteiger partial charge in [0, 0.05) is 12.4 Å². The summed E-state index contributed by atoms with van der Waals surface area (Å²) in [6.07, 6.45) is -9.65. The molecule has 0 aliphatic heterocycles. The molecular weight excluding hydrogens is 462 g/mol. The molecule has 2 aromatic rings. The predicted molar refractivity (Wildman–Crippen MR) is 91.8 cm³/mol. The Morgan fingerprint density at radius 1 is 1.06 bits per heavy atom. The van der Waals surface area contributed by atoms with Gasteiger partial charge in [-0.1, -0.05) is 11.6 Å². The van der Waals surface area contributed by atoms with Crippen molar-refractivity contribution in [3.05, 3.63) is 56.7 Å². The highest BCUT2D eigenvalue weighted by Gasteiger charge is 2.35. The molecule has 0 fully saturated rings. The van der Waals surface area contributed by atoms with Gasteiger partial charge in [0.15, 0.2) is 12.3 Å². The summed E-state index contributed by atoms with van der Waals surface area (Å²) in [6.45, 7) is 0.449. The molecule has 0 bridgehead atoms. The number of carbonyl (C=O) groups is 2. The minimum Gasteiger partial charge on any atom is -0.463 e. The molecule has 7 nitrogen and oxygen atoms in total. The third-order valence-electron chi connectivity index (χ3n) is 3.58. The number of esters is 2. The number of halogens is 7. The Hall–Kier alpha value is -3.09. The quantitative estimate of drug-likeness (QED) is 0.488. The van der Waals surface area contributed by atoms with Gasteiger partial charge in [-0.3, -0.25) is 9.36 Å². The maximum Gasteiger partial charge on any atom is 0.417 e. The van der Waals surface area contributed by atoms with Crippen molar-refractivity contribution in [1.29, 1.82) is 0 Å². The first-order valence-corrected chi connectivity index (χ1v) is 8.53. The lowest BCUT2D eigenvalue weighted by Gasteiger charge is -2.16. The fourth-order valence-electron chi connectivity index (χ4n) is 2.23. The molecule has 0 aliphatic rings. The fourth-order valence-corrected chi connectivity index (χ4v) is 2.44. The standard InChI is InChI=1S/C17H11ClF6N2O5/c1-2-30-12(27)7-31-15(29)13-11(4-8(5-25-13)16(19,20)21)26-6-9(17(22,23)24)3-10(18)14(26)28/h3-6H,2,7H2,1H3. The molecule has 2 aromatic heterocycles. The predicted octanol–water partition coefficient (Wildman–Crippen LogP) is 3.64. The summed E-state index contributed by atoms with van der Waals surface area (Å²) >= 11 is 5.52. The molecule has 0 N–H and O–H groups in total. The lowest BCUT2D eigenvalue weighted by molar-refractivity contribution is -0.146. The molecule has 0 amide bonds. The highest BCUT2D eigenvalue weighted by atomic mass is 35.5. The van der Waals surface area contributed by atoms with E-state index in [0.29, 0.717) is 0 Å². The van der Waals surface area contributed by atoms with E-state index in [1.54, 1.807) is 0 Å². The number of pyridine rings is 2. The molecule has 168 valence electrons. The van der Waals surface area contributed by atoms with Crippen molar-refractivity contribution < 1.29 is 45.4 Å². The lowest BCUT2D eigenvalue weighted by Crippen LogP contribution is -2.25. The minimum atomic E-state index is -5.02. The fraction of sp³-hybridized carbons (Fsp3) is 0.294. The van der Waals surface area contributed by atoms with Gasteiger partial charge in [-0.25, -0.2) is 14.6 Å². The second kappa shape index (κ2) is 8.96. The van der Waals surface area contributed by atoms with Crippen LogP contribution in [0.1, 0.15) is 28.5 Å². The normalized spacial score (nSPS) is 11.9. The van der Waals surface area contributed by atoms with Gasteiger partial charge in [-0.15, -0.1) is 0 Å². The minimum absolute atomic E-state index is 0.0573. The topological polar surface area (TPSA) is 87.5 Å². The van der Waals surface area contributed by atoms with Gasteiger partial charge in [0.25, 0.3) is 5.56 Å². The first-order chi connectivity index (χ1) is 14.3. The highest BCUT2D eigenvalue weighted by molar-refractivity contribution is 6.30. The Morgan fingerprint density at radius 2 is 1.68 bits per heavy atom. The lowest BCUT2D eigenvalue weighted by atomic mass is 10.2. The van der Waals surface area contributed by atoms with Crippen molar-refractivity contribution in [3.63, 3.8) is 0 Å². The zero-order chi connectivity index (χ0) is 23.6. The summed E-state index contributed by atoms with van der Waals surface area (Å²) in [7, 11) is 0. The smallest absolute Gasteiger partial charge is 0.417 e. The monoisotopic (exact) mass is 472 g/mol. The van der Waals surface area contributed by atoms with Gasteiger partial charge >= 0.3 is 24.3 Å². The molecule has 0 atom stereocenters. The highest BCUT2D eigenvalue weighted by Crippen LogP contribution is 2.33. The number of aromatic nitrogens is 2. The zero-order valence-corrected chi connectivity index (χ0v) is 16.1. The van der Waals surface area contributed by atoms with Gasteiger partial charge in [0.05, 0.1) is 23.4 Å². The Morgan fingerprint density at radius 3 is 2.23 bits per heavy atom. The Labute approximate surface area is 174 Å². The third-order valence-corrected chi connectivity index (χ3v) is 3.85. The van der Waals surface area contributed by atoms with E-state index < -0.39 is 64.0 Å². The van der Waals surface area contributed by atoms with E-state index in [4.69, 9.17) is 11.6 Å². The molecule has 0 saturated heterocycles. The zero-order valence-electron chi connectivity index (χ0n) is 15.3. The van der Waals surface area contributed by atoms with E-state index in [1.165, 1.54) is 6.92 Å². The first kappa shape index (κ1) is 24.2. The van der Waals surface area contributed by atoms with Gasteiger partial charge in [-0.2, -0.15) is 26.3 Å². The molecule has 0 unspecified atom stereocenters. The maximum atomic E-state index is 13.1. The van der Waals surface area contributed by atoms with Crippen molar-refractivity contribution >= 4 is 23.5 Å². The van der Waals surface area contributed by atoms with E-state index in [0.717, 1.165) is 0 Å². The first-order valence-electron chi connectivity index (χ1n) is 8.15. The molecule has 2 heterocycles. The van der Waals surface area contributed by atoms with Crippen LogP contribution in [0.5, 0.6) is 0 Å². The summed E-state index contributed by atoms with van der Waals surface area (Å²) < 4.78 is 87.7. The molecule has 0 aromatic carbocycles. The summed E-state index contributed by atoms with van der Waals surface area (Å²) in [5.74, 6) is -2.49. The molecule has 0 saturated carbocycles. The van der Waals surface area contributed by atoms with Gasteiger partial charge in [0.1, 0.15) is 5.02 Å². The number of alkyl halides is 6. The largest absolute Gasteiger partial charge is 0.463 e. The van der Waals surface area contributed by atoms with Crippen molar-refractivity contribution in [3.8, 4) is 5.69 Å². The van der Waals surface area contributed by atoms with Crippen LogP contribution in [0.15, 0.2) is 29.3 Å². The van der Waals surface area contributed by atoms with Gasteiger partial charge in [-0.05, 0) is 19.1 Å². The van der Waals surface area contributed by atoms with E-state index in [1.807, 2.05) is 0 Å². The number of hydrogen-bond donors (Lipinski definition) is 0. The maximum absolute atomic E-state index is 13.1. The van der Waals surface area contributed by atoms with Crippen LogP contribution >= 0.6 is 11.6 Å². The number of ether oxygens (including phenoxy) is 2. The average Bonchev–Trinajstić information content (AvgIpc) is 2.66. The van der Waals surface area contributed by atoms with Crippen LogP contribution in [-0.4, -0.2) is 34.7 Å². The van der Waals surface area contributed by atoms with Crippen LogP contribution in [0.2, 0.25) is 5.02 Å². The average molecular weight is 473 g/mol. The van der Waals surface area contributed by atoms with E-state index >= 15 is 0 Å². The van der Waals surface area contributed by atoms with E-state index in [9.17, 15) is 40.7 Å². The number of nitrogens with zero attached hydrogens (tertiary/aromatic N) is 2. The van der Waals surface area contributed by atoms with Crippen LogP contribution in [0.25, 0.3) is 5.69 Å². The number of carbonyl (C=O) groups excluding carboxylic acids is 2. The Balaban J connectivity index is 2.67. The van der Waals surface area contributed by atoms with Crippen LogP contribution in [0.4, 0.5) is 26.3 Å². The third kappa shape index (κ3) is 5.75. The summed E-state index contributed by atoms with van der Waals surface area (Å²) in [6, 6.07) is 0.506. The summed E-state index contributed by atoms with van der Waals surface area (Å²) in [4.78, 5) is 39.1. The molecule has 0 radical (unpaired) electrons. The van der Waals surface area contributed by atoms with Crippen LogP contribution < -0.4 is 5.56 Å². The van der Waals surface area contributed by atoms with Crippen molar-refractivity contribution in [2.24, 2.45) is 0 Å². The van der Waals surface area contributed by atoms with Crippen molar-refractivity contribution in [1.82, 2.24) is 9.55 Å². The van der Waals surface area contributed by atoms with Crippen LogP contribution in [0, 0.1) is 0 Å². The molecule has 31 heavy (non-hydrogen) atoms. The van der Waals surface area contributed by atoms with Crippen LogP contribution in [0.3, 0.4) is 0 Å². The summed E-state index contributed by atoms with van der Waals surface area (Å²) in [5, 5.41) is -0.974. The SMILES string of the molecule is CCOC(=O)COC(=O)c1ncc(C(F)(F)F)cc1-n1cc(C(F)(F)F)cc(Cl)c1=O. The molecule has 0 spiro atoms. The molecular formula is C17H11ClF6N2O5.